The summed E-state index contributed by atoms with van der Waals surface area (Å²) in [5, 5.41) is 11.2. The molecular weight excluding hydrogens is 392 g/mol. The standard InChI is InChI=1S/C26H42O5/c1-16(2)13-23(28)31-20-15-26(7)19(11-9-17(3)14-22(27)30-8)18(4)10-12-21(26)25(5,6)24(20)29/h10,13,17,19-21,24,29H,9,11-12,14-15H2,1-8H3. The SMILES string of the molecule is COC(=O)CC(C)CCC1C(C)=CCC2C(C)(C)C(O)C(OC(=O)C=C(C)C)CC12C. The number of hydrogen-bond donors (Lipinski definition) is 1. The number of hydrogen-bond acceptors (Lipinski definition) is 5. The van der Waals surface area contributed by atoms with Gasteiger partial charge in [-0.1, -0.05) is 44.9 Å². The molecule has 31 heavy (non-hydrogen) atoms. The minimum Gasteiger partial charge on any atom is -0.469 e. The van der Waals surface area contributed by atoms with E-state index in [1.165, 1.54) is 18.8 Å². The molecular formula is C26H42O5. The molecule has 0 aromatic rings. The Balaban J connectivity index is 2.27. The van der Waals surface area contributed by atoms with E-state index in [1.807, 2.05) is 13.8 Å². The van der Waals surface area contributed by atoms with Gasteiger partial charge in [0.25, 0.3) is 0 Å². The van der Waals surface area contributed by atoms with Crippen LogP contribution in [0.2, 0.25) is 0 Å². The van der Waals surface area contributed by atoms with Gasteiger partial charge in [0.05, 0.1) is 13.2 Å². The van der Waals surface area contributed by atoms with Crippen LogP contribution in [0.3, 0.4) is 0 Å². The summed E-state index contributed by atoms with van der Waals surface area (Å²) in [6, 6.07) is 0. The Hall–Kier alpha value is -1.62. The molecule has 0 aliphatic heterocycles. The third-order valence-corrected chi connectivity index (χ3v) is 7.84. The molecule has 0 amide bonds. The number of methoxy groups -OCH3 is 1. The van der Waals surface area contributed by atoms with Crippen molar-refractivity contribution in [1.82, 2.24) is 0 Å². The molecule has 2 aliphatic carbocycles. The average Bonchev–Trinajstić information content (AvgIpc) is 2.64. The highest BCUT2D eigenvalue weighted by Crippen LogP contribution is 2.61. The lowest BCUT2D eigenvalue weighted by atomic mass is 9.46. The molecule has 1 fully saturated rings. The summed E-state index contributed by atoms with van der Waals surface area (Å²) in [6.45, 7) is 14.5. The van der Waals surface area contributed by atoms with E-state index in [4.69, 9.17) is 9.47 Å². The van der Waals surface area contributed by atoms with Gasteiger partial charge in [-0.15, -0.1) is 0 Å². The lowest BCUT2D eigenvalue weighted by Crippen LogP contribution is -2.60. The number of allylic oxidation sites excluding steroid dienone is 3. The van der Waals surface area contributed by atoms with Crippen molar-refractivity contribution in [2.45, 2.75) is 92.8 Å². The van der Waals surface area contributed by atoms with Gasteiger partial charge in [0.1, 0.15) is 6.10 Å². The number of esters is 2. The summed E-state index contributed by atoms with van der Waals surface area (Å²) in [4.78, 5) is 24.0. The second kappa shape index (κ2) is 9.89. The van der Waals surface area contributed by atoms with Gasteiger partial charge in [-0.05, 0) is 75.0 Å². The molecule has 1 N–H and O–H groups in total. The van der Waals surface area contributed by atoms with E-state index >= 15 is 0 Å². The van der Waals surface area contributed by atoms with E-state index in [9.17, 15) is 14.7 Å². The van der Waals surface area contributed by atoms with Crippen molar-refractivity contribution in [3.05, 3.63) is 23.3 Å². The number of aliphatic hydroxyl groups is 1. The zero-order valence-electron chi connectivity index (χ0n) is 20.7. The quantitative estimate of drug-likeness (QED) is 0.338. The van der Waals surface area contributed by atoms with Crippen molar-refractivity contribution in [3.63, 3.8) is 0 Å². The summed E-state index contributed by atoms with van der Waals surface area (Å²) >= 11 is 0. The Labute approximate surface area is 188 Å². The van der Waals surface area contributed by atoms with Gasteiger partial charge in [-0.3, -0.25) is 4.79 Å². The second-order valence-electron chi connectivity index (χ2n) is 10.9. The number of carbonyl (C=O) groups is 2. The van der Waals surface area contributed by atoms with E-state index in [0.717, 1.165) is 24.8 Å². The van der Waals surface area contributed by atoms with Crippen LogP contribution >= 0.6 is 0 Å². The van der Waals surface area contributed by atoms with Gasteiger partial charge in [0.15, 0.2) is 0 Å². The first-order valence-corrected chi connectivity index (χ1v) is 11.6. The molecule has 0 aromatic carbocycles. The van der Waals surface area contributed by atoms with E-state index in [1.54, 1.807) is 0 Å². The van der Waals surface area contributed by atoms with Crippen molar-refractivity contribution in [1.29, 1.82) is 0 Å². The zero-order chi connectivity index (χ0) is 23.6. The molecule has 0 heterocycles. The summed E-state index contributed by atoms with van der Waals surface area (Å²) in [7, 11) is 1.43. The van der Waals surface area contributed by atoms with Crippen LogP contribution in [0.4, 0.5) is 0 Å². The Morgan fingerprint density at radius 1 is 1.29 bits per heavy atom. The highest BCUT2D eigenvalue weighted by Gasteiger charge is 2.59. The van der Waals surface area contributed by atoms with E-state index in [-0.39, 0.29) is 34.6 Å². The minimum atomic E-state index is -0.703. The van der Waals surface area contributed by atoms with Crippen molar-refractivity contribution >= 4 is 11.9 Å². The van der Waals surface area contributed by atoms with Gasteiger partial charge in [-0.2, -0.15) is 0 Å². The van der Waals surface area contributed by atoms with Gasteiger partial charge >= 0.3 is 11.9 Å². The minimum absolute atomic E-state index is 0.0948. The third kappa shape index (κ3) is 5.60. The summed E-state index contributed by atoms with van der Waals surface area (Å²) in [6.07, 6.45) is 6.48. The number of aliphatic hydroxyl groups excluding tert-OH is 1. The molecule has 0 spiro atoms. The smallest absolute Gasteiger partial charge is 0.331 e. The number of fused-ring (bicyclic) bond motifs is 1. The molecule has 176 valence electrons. The van der Waals surface area contributed by atoms with Gasteiger partial charge < -0.3 is 14.6 Å². The first kappa shape index (κ1) is 25.6. The van der Waals surface area contributed by atoms with Crippen LogP contribution in [0.15, 0.2) is 23.3 Å². The fourth-order valence-electron chi connectivity index (χ4n) is 6.15. The Morgan fingerprint density at radius 3 is 2.52 bits per heavy atom. The van der Waals surface area contributed by atoms with Crippen LogP contribution in [-0.4, -0.2) is 36.4 Å². The summed E-state index contributed by atoms with van der Waals surface area (Å²) in [5.41, 5.74) is 1.77. The monoisotopic (exact) mass is 434 g/mol. The Kier molecular flexibility index (Phi) is 8.18. The van der Waals surface area contributed by atoms with Gasteiger partial charge in [-0.25, -0.2) is 4.79 Å². The van der Waals surface area contributed by atoms with Crippen LogP contribution in [0, 0.1) is 28.6 Å². The van der Waals surface area contributed by atoms with Crippen LogP contribution < -0.4 is 0 Å². The topological polar surface area (TPSA) is 72.8 Å². The number of rotatable bonds is 7. The Bertz CT molecular complexity index is 730. The third-order valence-electron chi connectivity index (χ3n) is 7.84. The van der Waals surface area contributed by atoms with Crippen molar-refractivity contribution in [3.8, 4) is 0 Å². The predicted molar refractivity (Wildman–Crippen MR) is 122 cm³/mol. The molecule has 2 rings (SSSR count). The van der Waals surface area contributed by atoms with E-state index in [2.05, 4.69) is 40.7 Å². The maximum absolute atomic E-state index is 12.4. The normalized spacial score (nSPS) is 32.9. The second-order valence-corrected chi connectivity index (χ2v) is 10.9. The Morgan fingerprint density at radius 2 is 1.94 bits per heavy atom. The van der Waals surface area contributed by atoms with Crippen molar-refractivity contribution in [2.24, 2.45) is 28.6 Å². The fourth-order valence-corrected chi connectivity index (χ4v) is 6.15. The molecule has 6 unspecified atom stereocenters. The fraction of sp³-hybridized carbons (Fsp3) is 0.769. The van der Waals surface area contributed by atoms with Crippen LogP contribution in [0.25, 0.3) is 0 Å². The maximum atomic E-state index is 12.4. The van der Waals surface area contributed by atoms with Crippen molar-refractivity contribution in [2.75, 3.05) is 7.11 Å². The number of carbonyl (C=O) groups excluding carboxylic acids is 2. The van der Waals surface area contributed by atoms with Gasteiger partial charge in [0, 0.05) is 12.5 Å². The summed E-state index contributed by atoms with van der Waals surface area (Å²) in [5.74, 6) is 0.312. The molecule has 0 radical (unpaired) electrons. The van der Waals surface area contributed by atoms with Crippen molar-refractivity contribution < 1.29 is 24.2 Å². The van der Waals surface area contributed by atoms with E-state index in [0.29, 0.717) is 18.8 Å². The number of ether oxygens (including phenoxy) is 2. The summed E-state index contributed by atoms with van der Waals surface area (Å²) < 4.78 is 10.6. The lowest BCUT2D eigenvalue weighted by Gasteiger charge is -2.60. The van der Waals surface area contributed by atoms with Crippen LogP contribution in [0.5, 0.6) is 0 Å². The zero-order valence-corrected chi connectivity index (χ0v) is 20.7. The lowest BCUT2D eigenvalue weighted by molar-refractivity contribution is -0.194. The largest absolute Gasteiger partial charge is 0.469 e. The highest BCUT2D eigenvalue weighted by molar-refractivity contribution is 5.82. The molecule has 6 atom stereocenters. The molecule has 1 saturated carbocycles. The van der Waals surface area contributed by atoms with Crippen LogP contribution in [-0.2, 0) is 19.1 Å². The molecule has 0 saturated heterocycles. The molecule has 5 nitrogen and oxygen atoms in total. The maximum Gasteiger partial charge on any atom is 0.331 e. The van der Waals surface area contributed by atoms with E-state index < -0.39 is 12.2 Å². The average molecular weight is 435 g/mol. The predicted octanol–water partition coefficient (Wildman–Crippen LogP) is 5.22. The molecule has 0 bridgehead atoms. The molecule has 5 heteroatoms. The van der Waals surface area contributed by atoms with Crippen LogP contribution in [0.1, 0.15) is 80.6 Å². The highest BCUT2D eigenvalue weighted by atomic mass is 16.6. The van der Waals surface area contributed by atoms with Gasteiger partial charge in [0.2, 0.25) is 0 Å². The molecule has 2 aliphatic rings. The first-order valence-electron chi connectivity index (χ1n) is 11.6. The molecule has 0 aromatic heterocycles. The first-order chi connectivity index (χ1) is 14.3.